The summed E-state index contributed by atoms with van der Waals surface area (Å²) in [7, 11) is 1.27. The molecule has 0 saturated heterocycles. The van der Waals surface area contributed by atoms with Gasteiger partial charge in [-0.1, -0.05) is 11.6 Å². The molecule has 7 nitrogen and oxygen atoms in total. The van der Waals surface area contributed by atoms with E-state index in [0.29, 0.717) is 22.9 Å². The number of anilines is 1. The third-order valence-corrected chi connectivity index (χ3v) is 2.60. The van der Waals surface area contributed by atoms with Gasteiger partial charge in [0.05, 0.1) is 17.7 Å². The molecule has 20 heavy (non-hydrogen) atoms. The number of halogens is 1. The molecule has 0 spiro atoms. The molecule has 0 aromatic carbocycles. The maximum absolute atomic E-state index is 11.8. The number of nitrogens with one attached hydrogen (secondary N) is 3. The largest absolute Gasteiger partial charge is 0.453 e. The molecule has 0 aliphatic rings. The molecule has 0 saturated carbocycles. The average molecular weight is 301 g/mol. The van der Waals surface area contributed by atoms with Crippen molar-refractivity contribution in [1.29, 1.82) is 0 Å². The quantitative estimate of drug-likeness (QED) is 0.688. The van der Waals surface area contributed by atoms with Crippen molar-refractivity contribution in [1.82, 2.24) is 15.6 Å². The SMILES string of the molecule is CCNc1ncc(C(=O)NCCNC(=O)OC)cc1Cl. The number of carbonyl (C=O) groups is 2. The first kappa shape index (κ1) is 16.0. The molecule has 1 heterocycles. The second-order valence-corrected chi connectivity index (χ2v) is 4.17. The lowest BCUT2D eigenvalue weighted by Crippen LogP contribution is -2.34. The summed E-state index contributed by atoms with van der Waals surface area (Å²) >= 11 is 6.00. The van der Waals surface area contributed by atoms with E-state index < -0.39 is 6.09 Å². The molecule has 3 N–H and O–H groups in total. The van der Waals surface area contributed by atoms with E-state index >= 15 is 0 Å². The summed E-state index contributed by atoms with van der Waals surface area (Å²) in [5.41, 5.74) is 0.356. The summed E-state index contributed by atoms with van der Waals surface area (Å²) < 4.78 is 4.40. The Morgan fingerprint density at radius 2 is 2.05 bits per heavy atom. The number of carbonyl (C=O) groups excluding carboxylic acids is 2. The number of hydrogen-bond acceptors (Lipinski definition) is 5. The van der Waals surface area contributed by atoms with E-state index in [9.17, 15) is 9.59 Å². The van der Waals surface area contributed by atoms with E-state index in [1.807, 2.05) is 6.92 Å². The average Bonchev–Trinajstić information content (AvgIpc) is 2.45. The molecule has 1 rings (SSSR count). The van der Waals surface area contributed by atoms with Gasteiger partial charge in [-0.25, -0.2) is 9.78 Å². The molecule has 8 heteroatoms. The lowest BCUT2D eigenvalue weighted by atomic mass is 10.2. The number of rotatable bonds is 6. The van der Waals surface area contributed by atoms with Gasteiger partial charge in [-0.15, -0.1) is 0 Å². The first-order chi connectivity index (χ1) is 9.58. The minimum Gasteiger partial charge on any atom is -0.453 e. The summed E-state index contributed by atoms with van der Waals surface area (Å²) in [5.74, 6) is 0.229. The van der Waals surface area contributed by atoms with Crippen LogP contribution in [-0.2, 0) is 4.74 Å². The van der Waals surface area contributed by atoms with Crippen LogP contribution in [0.3, 0.4) is 0 Å². The highest BCUT2D eigenvalue weighted by Gasteiger charge is 2.09. The Kier molecular flexibility index (Phi) is 6.58. The first-order valence-corrected chi connectivity index (χ1v) is 6.45. The number of methoxy groups -OCH3 is 1. The zero-order chi connectivity index (χ0) is 15.0. The normalized spacial score (nSPS) is 9.75. The van der Waals surface area contributed by atoms with Gasteiger partial charge in [0.15, 0.2) is 0 Å². The van der Waals surface area contributed by atoms with Crippen LogP contribution in [0.2, 0.25) is 5.02 Å². The Bertz CT molecular complexity index is 482. The highest BCUT2D eigenvalue weighted by Crippen LogP contribution is 2.19. The zero-order valence-corrected chi connectivity index (χ0v) is 12.1. The van der Waals surface area contributed by atoms with Crippen molar-refractivity contribution in [2.24, 2.45) is 0 Å². The van der Waals surface area contributed by atoms with Gasteiger partial charge < -0.3 is 20.7 Å². The Morgan fingerprint density at radius 3 is 2.65 bits per heavy atom. The van der Waals surface area contributed by atoms with Gasteiger partial charge in [-0.2, -0.15) is 0 Å². The molecule has 0 unspecified atom stereocenters. The lowest BCUT2D eigenvalue weighted by Gasteiger charge is -2.08. The molecule has 0 aliphatic heterocycles. The third-order valence-electron chi connectivity index (χ3n) is 2.31. The Balaban J connectivity index is 2.47. The molecular formula is C12H17ClN4O3. The molecule has 2 amide bonds. The van der Waals surface area contributed by atoms with Crippen LogP contribution in [0.25, 0.3) is 0 Å². The smallest absolute Gasteiger partial charge is 0.406 e. The van der Waals surface area contributed by atoms with Gasteiger partial charge in [0.2, 0.25) is 0 Å². The van der Waals surface area contributed by atoms with Crippen LogP contribution in [-0.4, -0.2) is 43.7 Å². The Morgan fingerprint density at radius 1 is 1.35 bits per heavy atom. The van der Waals surface area contributed by atoms with Gasteiger partial charge in [-0.3, -0.25) is 4.79 Å². The van der Waals surface area contributed by atoms with Gasteiger partial charge in [-0.05, 0) is 13.0 Å². The summed E-state index contributed by atoms with van der Waals surface area (Å²) in [4.78, 5) is 26.7. The van der Waals surface area contributed by atoms with E-state index in [1.54, 1.807) is 0 Å². The fourth-order valence-corrected chi connectivity index (χ4v) is 1.61. The van der Waals surface area contributed by atoms with Crippen LogP contribution in [0.4, 0.5) is 10.6 Å². The van der Waals surface area contributed by atoms with Gasteiger partial charge in [0.1, 0.15) is 5.82 Å². The predicted molar refractivity (Wildman–Crippen MR) is 76.2 cm³/mol. The highest BCUT2D eigenvalue weighted by molar-refractivity contribution is 6.33. The van der Waals surface area contributed by atoms with Crippen LogP contribution in [0.1, 0.15) is 17.3 Å². The summed E-state index contributed by atoms with van der Waals surface area (Å²) in [5, 5.41) is 8.44. The van der Waals surface area contributed by atoms with Gasteiger partial charge in [0, 0.05) is 25.8 Å². The first-order valence-electron chi connectivity index (χ1n) is 6.08. The highest BCUT2D eigenvalue weighted by atomic mass is 35.5. The molecule has 0 bridgehead atoms. The van der Waals surface area contributed by atoms with Crippen LogP contribution < -0.4 is 16.0 Å². The fraction of sp³-hybridized carbons (Fsp3) is 0.417. The maximum atomic E-state index is 11.8. The van der Waals surface area contributed by atoms with Gasteiger partial charge >= 0.3 is 6.09 Å². The monoisotopic (exact) mass is 300 g/mol. The number of alkyl carbamates (subject to hydrolysis) is 1. The molecule has 1 aromatic heterocycles. The topological polar surface area (TPSA) is 92.4 Å². The van der Waals surface area contributed by atoms with Crippen LogP contribution in [0, 0.1) is 0 Å². The standard InChI is InChI=1S/C12H17ClN4O3/c1-3-14-10-9(13)6-8(7-17-10)11(18)15-4-5-16-12(19)20-2/h6-7H,3-5H2,1-2H3,(H,14,17)(H,15,18)(H,16,19). The van der Waals surface area contributed by atoms with E-state index in [2.05, 4.69) is 25.7 Å². The van der Waals surface area contributed by atoms with Crippen molar-refractivity contribution in [3.63, 3.8) is 0 Å². The number of amides is 2. The molecule has 0 aliphatic carbocycles. The lowest BCUT2D eigenvalue weighted by molar-refractivity contribution is 0.0952. The van der Waals surface area contributed by atoms with Crippen molar-refractivity contribution < 1.29 is 14.3 Å². The minimum atomic E-state index is -0.543. The fourth-order valence-electron chi connectivity index (χ4n) is 1.37. The van der Waals surface area contributed by atoms with Crippen molar-refractivity contribution in [3.05, 3.63) is 22.8 Å². The summed E-state index contributed by atoms with van der Waals surface area (Å²) in [6.07, 6.45) is 0.895. The van der Waals surface area contributed by atoms with Crippen molar-refractivity contribution in [2.45, 2.75) is 6.92 Å². The molecular weight excluding hydrogens is 284 g/mol. The summed E-state index contributed by atoms with van der Waals surface area (Å²) in [6, 6.07) is 1.54. The van der Waals surface area contributed by atoms with E-state index in [0.717, 1.165) is 0 Å². The maximum Gasteiger partial charge on any atom is 0.406 e. The number of nitrogens with zero attached hydrogens (tertiary/aromatic N) is 1. The minimum absolute atomic E-state index is 0.273. The number of aromatic nitrogens is 1. The second-order valence-electron chi connectivity index (χ2n) is 3.76. The number of pyridine rings is 1. The van der Waals surface area contributed by atoms with Gasteiger partial charge in [0.25, 0.3) is 5.91 Å². The second kappa shape index (κ2) is 8.21. The Hall–Kier alpha value is -2.02. The molecule has 110 valence electrons. The molecule has 1 aromatic rings. The Labute approximate surface area is 122 Å². The zero-order valence-electron chi connectivity index (χ0n) is 11.3. The van der Waals surface area contributed by atoms with Crippen LogP contribution in [0.15, 0.2) is 12.3 Å². The molecule has 0 radical (unpaired) electrons. The van der Waals surface area contributed by atoms with E-state index in [1.165, 1.54) is 19.4 Å². The van der Waals surface area contributed by atoms with E-state index in [-0.39, 0.29) is 19.0 Å². The van der Waals surface area contributed by atoms with Crippen molar-refractivity contribution in [2.75, 3.05) is 32.1 Å². The molecule has 0 atom stereocenters. The summed E-state index contributed by atoms with van der Waals surface area (Å²) in [6.45, 7) is 3.17. The number of ether oxygens (including phenoxy) is 1. The third kappa shape index (κ3) is 4.93. The van der Waals surface area contributed by atoms with Crippen molar-refractivity contribution >= 4 is 29.4 Å². The number of hydrogen-bond donors (Lipinski definition) is 3. The van der Waals surface area contributed by atoms with Crippen LogP contribution in [0.5, 0.6) is 0 Å². The predicted octanol–water partition coefficient (Wildman–Crippen LogP) is 1.25. The van der Waals surface area contributed by atoms with E-state index in [4.69, 9.17) is 11.6 Å². The molecule has 0 fully saturated rings. The van der Waals surface area contributed by atoms with Crippen LogP contribution >= 0.6 is 11.6 Å². The van der Waals surface area contributed by atoms with Crippen molar-refractivity contribution in [3.8, 4) is 0 Å².